The Hall–Kier alpha value is -1.13. The van der Waals surface area contributed by atoms with Crippen molar-refractivity contribution in [1.29, 1.82) is 0 Å². The fourth-order valence-corrected chi connectivity index (χ4v) is 10.5. The fourth-order valence-electron chi connectivity index (χ4n) is 10.5. The highest BCUT2D eigenvalue weighted by molar-refractivity contribution is 5.41. The predicted molar refractivity (Wildman–Crippen MR) is 133 cm³/mol. The molecule has 6 rings (SSSR count). The largest absolute Gasteiger partial charge is 0.396 e. The molecule has 0 saturated heterocycles. The van der Waals surface area contributed by atoms with Crippen molar-refractivity contribution in [2.45, 2.75) is 105 Å². The van der Waals surface area contributed by atoms with Gasteiger partial charge in [0.15, 0.2) is 0 Å². The van der Waals surface area contributed by atoms with Gasteiger partial charge in [-0.05, 0) is 96.2 Å². The summed E-state index contributed by atoms with van der Waals surface area (Å²) >= 11 is 0. The van der Waals surface area contributed by atoms with Crippen LogP contribution in [-0.4, -0.2) is 28.1 Å². The van der Waals surface area contributed by atoms with Crippen LogP contribution in [0.1, 0.15) is 104 Å². The van der Waals surface area contributed by atoms with Crippen LogP contribution in [0.25, 0.3) is 0 Å². The summed E-state index contributed by atoms with van der Waals surface area (Å²) in [7, 11) is 0. The molecule has 0 aromatic carbocycles. The fraction of sp³-hybridized carbons (Fsp3) is 0.833. The highest BCUT2D eigenvalue weighted by Gasteiger charge is 2.68. The maximum absolute atomic E-state index is 12.0. The smallest absolute Gasteiger partial charge is 0.143 e. The molecular formula is C30H45NO3. The Morgan fingerprint density at radius 2 is 1.76 bits per heavy atom. The third kappa shape index (κ3) is 2.71. The van der Waals surface area contributed by atoms with Crippen molar-refractivity contribution in [2.75, 3.05) is 6.61 Å². The summed E-state index contributed by atoms with van der Waals surface area (Å²) in [5.74, 6) is 2.56. The Balaban J connectivity index is 1.48. The predicted octanol–water partition coefficient (Wildman–Crippen LogP) is 6.28. The number of allylic oxidation sites excluding steroid dienone is 1. The average Bonchev–Trinajstić information content (AvgIpc) is 3.23. The van der Waals surface area contributed by atoms with E-state index >= 15 is 0 Å². The molecule has 0 aliphatic heterocycles. The summed E-state index contributed by atoms with van der Waals surface area (Å²) in [5, 5.41) is 26.8. The molecule has 2 N–H and O–H groups in total. The number of rotatable bonds is 1. The summed E-state index contributed by atoms with van der Waals surface area (Å²) in [4.78, 5) is 0. The molecule has 4 heteroatoms. The number of fused-ring (bicyclic) bond motifs is 8. The number of hydrogen-bond acceptors (Lipinski definition) is 4. The van der Waals surface area contributed by atoms with E-state index in [9.17, 15) is 10.2 Å². The van der Waals surface area contributed by atoms with E-state index in [1.165, 1.54) is 30.4 Å². The van der Waals surface area contributed by atoms with Gasteiger partial charge in [0.25, 0.3) is 0 Å². The number of aliphatic hydroxyl groups is 2. The monoisotopic (exact) mass is 467 g/mol. The van der Waals surface area contributed by atoms with Crippen LogP contribution in [-0.2, 0) is 6.42 Å². The lowest BCUT2D eigenvalue weighted by molar-refractivity contribution is -0.194. The van der Waals surface area contributed by atoms with Crippen molar-refractivity contribution in [1.82, 2.24) is 5.16 Å². The third-order valence-electron chi connectivity index (χ3n) is 12.7. The van der Waals surface area contributed by atoms with Gasteiger partial charge in [-0.25, -0.2) is 0 Å². The molecule has 3 fully saturated rings. The molecule has 0 amide bonds. The van der Waals surface area contributed by atoms with Gasteiger partial charge in [-0.3, -0.25) is 0 Å². The molecule has 188 valence electrons. The molecule has 5 aliphatic rings. The summed E-state index contributed by atoms with van der Waals surface area (Å²) in [5.41, 5.74) is 3.17. The van der Waals surface area contributed by atoms with E-state index in [-0.39, 0.29) is 39.6 Å². The van der Waals surface area contributed by atoms with Crippen molar-refractivity contribution in [2.24, 2.45) is 44.8 Å². The Bertz CT molecular complexity index is 1030. The molecule has 0 bridgehead atoms. The van der Waals surface area contributed by atoms with Crippen LogP contribution in [0.3, 0.4) is 0 Å². The van der Waals surface area contributed by atoms with E-state index in [0.717, 1.165) is 37.9 Å². The number of aromatic nitrogens is 1. The van der Waals surface area contributed by atoms with Gasteiger partial charge in [0.05, 0.1) is 12.3 Å². The Labute approximate surface area is 205 Å². The van der Waals surface area contributed by atoms with E-state index in [1.807, 2.05) is 6.20 Å². The van der Waals surface area contributed by atoms with Gasteiger partial charge < -0.3 is 14.7 Å². The molecular weight excluding hydrogens is 422 g/mol. The Morgan fingerprint density at radius 1 is 1.03 bits per heavy atom. The number of nitrogens with zero attached hydrogens (tertiary/aromatic N) is 1. The normalized spacial score (nSPS) is 51.3. The van der Waals surface area contributed by atoms with Gasteiger partial charge in [-0.2, -0.15) is 0 Å². The van der Waals surface area contributed by atoms with Crippen molar-refractivity contribution in [3.8, 4) is 0 Å². The molecule has 1 unspecified atom stereocenters. The molecule has 5 aliphatic carbocycles. The lowest BCUT2D eigenvalue weighted by Crippen LogP contribution is -2.65. The Kier molecular flexibility index (Phi) is 4.79. The lowest BCUT2D eigenvalue weighted by atomic mass is 9.34. The average molecular weight is 468 g/mol. The van der Waals surface area contributed by atoms with Crippen LogP contribution < -0.4 is 0 Å². The van der Waals surface area contributed by atoms with Crippen molar-refractivity contribution in [3.05, 3.63) is 29.2 Å². The zero-order chi connectivity index (χ0) is 24.3. The first-order valence-corrected chi connectivity index (χ1v) is 13.9. The molecule has 1 aromatic heterocycles. The van der Waals surface area contributed by atoms with Gasteiger partial charge in [0.2, 0.25) is 0 Å². The van der Waals surface area contributed by atoms with Crippen LogP contribution in [0.4, 0.5) is 0 Å². The minimum Gasteiger partial charge on any atom is -0.396 e. The number of aliphatic hydroxyl groups excluding tert-OH is 2. The van der Waals surface area contributed by atoms with Gasteiger partial charge in [0, 0.05) is 18.1 Å². The highest BCUT2D eigenvalue weighted by atomic mass is 16.5. The second kappa shape index (κ2) is 7.00. The van der Waals surface area contributed by atoms with Crippen LogP contribution in [0.5, 0.6) is 0 Å². The second-order valence-corrected chi connectivity index (χ2v) is 14.6. The molecule has 0 radical (unpaired) electrons. The maximum Gasteiger partial charge on any atom is 0.143 e. The topological polar surface area (TPSA) is 66.5 Å². The highest BCUT2D eigenvalue weighted by Crippen LogP contribution is 2.74. The second-order valence-electron chi connectivity index (χ2n) is 14.6. The standard InChI is InChI=1S/C30H45NO3/c1-18-20-7-8-28(5)23(27(20,4)14-19-16-31-34-25(18)19)13-22(33)24-21-15-26(2,3)9-11-30(21,17-32)12-10-29(24,28)6/h13,16,18,20-22,24,32-33H,7-12,14-15,17H2,1-6H3/t18-,20-,21+,22+,24?,27-,28+,29+,30+/m0/s1. The quantitative estimate of drug-likeness (QED) is 0.477. The molecule has 9 atom stereocenters. The van der Waals surface area contributed by atoms with Crippen LogP contribution in [0.2, 0.25) is 0 Å². The van der Waals surface area contributed by atoms with Crippen LogP contribution in [0.15, 0.2) is 22.4 Å². The zero-order valence-electron chi connectivity index (χ0n) is 22.2. The van der Waals surface area contributed by atoms with E-state index in [2.05, 4.69) is 52.8 Å². The Morgan fingerprint density at radius 3 is 2.50 bits per heavy atom. The first-order valence-electron chi connectivity index (χ1n) is 13.9. The van der Waals surface area contributed by atoms with Crippen molar-refractivity contribution in [3.63, 3.8) is 0 Å². The molecule has 3 saturated carbocycles. The summed E-state index contributed by atoms with van der Waals surface area (Å²) in [6, 6.07) is 0. The molecule has 34 heavy (non-hydrogen) atoms. The zero-order valence-corrected chi connectivity index (χ0v) is 22.2. The first kappa shape index (κ1) is 23.3. The summed E-state index contributed by atoms with van der Waals surface area (Å²) in [6.07, 6.45) is 12.8. The summed E-state index contributed by atoms with van der Waals surface area (Å²) < 4.78 is 5.71. The van der Waals surface area contributed by atoms with Crippen molar-refractivity contribution < 1.29 is 14.7 Å². The van der Waals surface area contributed by atoms with E-state index < -0.39 is 6.10 Å². The minimum absolute atomic E-state index is 0.0137. The first-order chi connectivity index (χ1) is 15.9. The van der Waals surface area contributed by atoms with E-state index in [0.29, 0.717) is 17.8 Å². The van der Waals surface area contributed by atoms with E-state index in [4.69, 9.17) is 4.52 Å². The third-order valence-corrected chi connectivity index (χ3v) is 12.7. The van der Waals surface area contributed by atoms with Crippen LogP contribution >= 0.6 is 0 Å². The molecule has 4 nitrogen and oxygen atoms in total. The van der Waals surface area contributed by atoms with Gasteiger partial charge in [-0.1, -0.05) is 58.3 Å². The molecule has 1 heterocycles. The van der Waals surface area contributed by atoms with Crippen molar-refractivity contribution >= 4 is 0 Å². The molecule has 1 aromatic rings. The van der Waals surface area contributed by atoms with Gasteiger partial charge in [-0.15, -0.1) is 0 Å². The van der Waals surface area contributed by atoms with E-state index in [1.54, 1.807) is 0 Å². The van der Waals surface area contributed by atoms with Gasteiger partial charge in [0.1, 0.15) is 5.76 Å². The lowest BCUT2D eigenvalue weighted by Gasteiger charge is -2.70. The van der Waals surface area contributed by atoms with Crippen LogP contribution in [0, 0.1) is 44.8 Å². The SMILES string of the molecule is C[C@@H]1c2oncc2C[C@]2(C)C3=C[C@@H](O)C4[C@H]5CC(C)(C)CC[C@]5(CO)CC[C@@]4(C)[C@]3(C)CC[C@@H]12. The maximum atomic E-state index is 12.0. The number of hydrogen-bond donors (Lipinski definition) is 2. The van der Waals surface area contributed by atoms with Gasteiger partial charge >= 0.3 is 0 Å². The minimum atomic E-state index is -0.437. The molecule has 0 spiro atoms. The summed E-state index contributed by atoms with van der Waals surface area (Å²) in [6.45, 7) is 14.9.